The van der Waals surface area contributed by atoms with Crippen LogP contribution in [0.15, 0.2) is 36.5 Å². The zero-order valence-electron chi connectivity index (χ0n) is 9.85. The Kier molecular flexibility index (Phi) is 4.97. The molecule has 1 saturated heterocycles. The molecule has 1 aliphatic heterocycles. The number of nitrogens with zero attached hydrogens (tertiary/aromatic N) is 2. The molecule has 86 valence electrons. The second-order valence-electron chi connectivity index (χ2n) is 4.23. The average molecular weight is 219 g/mol. The quantitative estimate of drug-likeness (QED) is 0.409. The van der Waals surface area contributed by atoms with Crippen LogP contribution in [-0.4, -0.2) is 44.4 Å². The van der Waals surface area contributed by atoms with Crippen LogP contribution in [0.25, 0.3) is 0 Å². The summed E-state index contributed by atoms with van der Waals surface area (Å²) >= 11 is 0. The van der Waals surface area contributed by atoms with E-state index >= 15 is 0 Å². The number of hydrogen-bond donors (Lipinski definition) is 0. The van der Waals surface area contributed by atoms with E-state index in [0.717, 1.165) is 37.3 Å². The Hall–Kier alpha value is -1.37. The lowest BCUT2D eigenvalue weighted by Gasteiger charge is -2.36. The topological polar surface area (TPSA) is 33.0 Å². The largest absolute Gasteiger partial charge is 0.370 e. The van der Waals surface area contributed by atoms with Gasteiger partial charge in [-0.3, -0.25) is 0 Å². The molecule has 3 nitrogen and oxygen atoms in total. The highest BCUT2D eigenvalue weighted by Gasteiger charge is 2.23. The Labute approximate surface area is 97.5 Å². The predicted octanol–water partition coefficient (Wildman–Crippen LogP) is 1.66. The molecule has 0 aromatic rings. The molecular formula is C13H19N2O+. The first-order valence-electron chi connectivity index (χ1n) is 5.51. The third kappa shape index (κ3) is 4.01. The molecule has 0 spiro atoms. The van der Waals surface area contributed by atoms with Gasteiger partial charge in [0.25, 0.3) is 0 Å². The number of likely N-dealkylation sites (N-methyl/N-ethyl adjacent to an activating group) is 1. The van der Waals surface area contributed by atoms with Crippen LogP contribution >= 0.6 is 0 Å². The van der Waals surface area contributed by atoms with Gasteiger partial charge >= 0.3 is 0 Å². The monoisotopic (exact) mass is 219 g/mol. The minimum Gasteiger partial charge on any atom is -0.370 e. The van der Waals surface area contributed by atoms with E-state index in [1.165, 1.54) is 0 Å². The van der Waals surface area contributed by atoms with Gasteiger partial charge in [-0.1, -0.05) is 18.7 Å². The van der Waals surface area contributed by atoms with Crippen LogP contribution in [-0.2, 0) is 4.74 Å². The maximum atomic E-state index is 8.68. The Morgan fingerprint density at radius 1 is 1.50 bits per heavy atom. The van der Waals surface area contributed by atoms with E-state index in [2.05, 4.69) is 25.8 Å². The van der Waals surface area contributed by atoms with Crippen LogP contribution in [0.5, 0.6) is 0 Å². The Morgan fingerprint density at radius 2 is 2.19 bits per heavy atom. The molecule has 0 atom stereocenters. The lowest BCUT2D eigenvalue weighted by Crippen LogP contribution is -2.51. The SMILES string of the molecule is C=C/C(C#N)=C\C=C/C[N+]1(C)CCOCC1. The summed E-state index contributed by atoms with van der Waals surface area (Å²) in [6.07, 6.45) is 7.39. The Balaban J connectivity index is 2.44. The minimum atomic E-state index is 0.598. The normalized spacial score (nSPS) is 20.6. The lowest BCUT2D eigenvalue weighted by atomic mass is 10.2. The molecule has 0 unspecified atom stereocenters. The van der Waals surface area contributed by atoms with Gasteiger partial charge in [0.15, 0.2) is 0 Å². The molecule has 1 fully saturated rings. The fourth-order valence-electron chi connectivity index (χ4n) is 1.60. The summed E-state index contributed by atoms with van der Waals surface area (Å²) in [4.78, 5) is 0. The molecule has 16 heavy (non-hydrogen) atoms. The van der Waals surface area contributed by atoms with E-state index in [0.29, 0.717) is 5.57 Å². The van der Waals surface area contributed by atoms with Crippen molar-refractivity contribution in [1.29, 1.82) is 5.26 Å². The van der Waals surface area contributed by atoms with Crippen molar-refractivity contribution in [3.05, 3.63) is 36.5 Å². The summed E-state index contributed by atoms with van der Waals surface area (Å²) in [5, 5.41) is 8.68. The standard InChI is InChI=1S/C13H19N2O/c1-3-13(12-14)6-4-5-7-15(2)8-10-16-11-9-15/h3-6H,1,7-11H2,2H3/q+1/b5-4-,13-6+. The summed E-state index contributed by atoms with van der Waals surface area (Å²) in [6, 6.07) is 2.07. The maximum Gasteiger partial charge on any atom is 0.102 e. The van der Waals surface area contributed by atoms with Crippen LogP contribution in [0.4, 0.5) is 0 Å². The van der Waals surface area contributed by atoms with Gasteiger partial charge in [0.05, 0.1) is 38.4 Å². The summed E-state index contributed by atoms with van der Waals surface area (Å²) < 4.78 is 6.35. The Morgan fingerprint density at radius 3 is 2.75 bits per heavy atom. The van der Waals surface area contributed by atoms with Gasteiger partial charge in [-0.2, -0.15) is 5.26 Å². The van der Waals surface area contributed by atoms with Crippen molar-refractivity contribution in [2.24, 2.45) is 0 Å². The van der Waals surface area contributed by atoms with E-state index in [4.69, 9.17) is 10.00 Å². The van der Waals surface area contributed by atoms with Crippen LogP contribution in [0, 0.1) is 11.3 Å². The van der Waals surface area contributed by atoms with Crippen LogP contribution in [0.1, 0.15) is 0 Å². The van der Waals surface area contributed by atoms with Gasteiger partial charge in [-0.05, 0) is 12.2 Å². The van der Waals surface area contributed by atoms with Crippen molar-refractivity contribution >= 4 is 0 Å². The summed E-state index contributed by atoms with van der Waals surface area (Å²) in [7, 11) is 2.23. The third-order valence-corrected chi connectivity index (χ3v) is 2.86. The molecule has 1 rings (SSSR count). The molecule has 0 aromatic carbocycles. The van der Waals surface area contributed by atoms with Crippen molar-refractivity contribution in [3.63, 3.8) is 0 Å². The van der Waals surface area contributed by atoms with E-state index in [1.807, 2.05) is 6.08 Å². The number of allylic oxidation sites excluding steroid dienone is 4. The first-order valence-corrected chi connectivity index (χ1v) is 5.51. The van der Waals surface area contributed by atoms with Gasteiger partial charge in [0.2, 0.25) is 0 Å². The molecule has 0 saturated carbocycles. The zero-order chi connectivity index (χ0) is 11.9. The number of ether oxygens (including phenoxy) is 1. The van der Waals surface area contributed by atoms with Crippen molar-refractivity contribution in [3.8, 4) is 6.07 Å². The van der Waals surface area contributed by atoms with Crippen LogP contribution in [0.3, 0.4) is 0 Å². The Bertz CT molecular complexity index is 330. The number of rotatable bonds is 4. The molecule has 0 aliphatic carbocycles. The zero-order valence-corrected chi connectivity index (χ0v) is 9.85. The fourth-order valence-corrected chi connectivity index (χ4v) is 1.60. The van der Waals surface area contributed by atoms with Gasteiger partial charge < -0.3 is 9.22 Å². The van der Waals surface area contributed by atoms with Crippen molar-refractivity contribution in [2.45, 2.75) is 0 Å². The number of nitriles is 1. The number of quaternary nitrogens is 1. The summed E-state index contributed by atoms with van der Waals surface area (Å²) in [6.45, 7) is 8.35. The highest BCUT2D eigenvalue weighted by molar-refractivity contribution is 5.34. The lowest BCUT2D eigenvalue weighted by molar-refractivity contribution is -0.911. The molecule has 0 radical (unpaired) electrons. The van der Waals surface area contributed by atoms with Crippen molar-refractivity contribution in [2.75, 3.05) is 39.9 Å². The summed E-state index contributed by atoms with van der Waals surface area (Å²) in [5.74, 6) is 0. The fraction of sp³-hybridized carbons (Fsp3) is 0.462. The highest BCUT2D eigenvalue weighted by atomic mass is 16.5. The molecule has 3 heteroatoms. The number of hydrogen-bond acceptors (Lipinski definition) is 2. The average Bonchev–Trinajstić information content (AvgIpc) is 2.30. The van der Waals surface area contributed by atoms with Crippen LogP contribution in [0.2, 0.25) is 0 Å². The highest BCUT2D eigenvalue weighted by Crippen LogP contribution is 2.07. The molecule has 0 bridgehead atoms. The van der Waals surface area contributed by atoms with Crippen molar-refractivity contribution in [1.82, 2.24) is 0 Å². The second kappa shape index (κ2) is 6.26. The minimum absolute atomic E-state index is 0.598. The molecule has 0 N–H and O–H groups in total. The van der Waals surface area contributed by atoms with Crippen LogP contribution < -0.4 is 0 Å². The molecule has 1 heterocycles. The number of morpholine rings is 1. The van der Waals surface area contributed by atoms with E-state index in [-0.39, 0.29) is 0 Å². The smallest absolute Gasteiger partial charge is 0.102 e. The first kappa shape index (κ1) is 12.7. The van der Waals surface area contributed by atoms with Gasteiger partial charge in [0, 0.05) is 0 Å². The predicted molar refractivity (Wildman–Crippen MR) is 64.6 cm³/mol. The molecule has 1 aliphatic rings. The van der Waals surface area contributed by atoms with Gasteiger partial charge in [-0.15, -0.1) is 0 Å². The second-order valence-corrected chi connectivity index (χ2v) is 4.23. The first-order chi connectivity index (χ1) is 7.70. The van der Waals surface area contributed by atoms with Gasteiger partial charge in [-0.25, -0.2) is 0 Å². The van der Waals surface area contributed by atoms with E-state index in [9.17, 15) is 0 Å². The van der Waals surface area contributed by atoms with Crippen molar-refractivity contribution < 1.29 is 9.22 Å². The molecule has 0 amide bonds. The van der Waals surface area contributed by atoms with E-state index in [1.54, 1.807) is 12.2 Å². The molecular weight excluding hydrogens is 200 g/mol. The van der Waals surface area contributed by atoms with E-state index < -0.39 is 0 Å². The summed E-state index contributed by atoms with van der Waals surface area (Å²) in [5.41, 5.74) is 0.598. The maximum absolute atomic E-state index is 8.68. The molecule has 0 aromatic heterocycles. The van der Waals surface area contributed by atoms with Gasteiger partial charge in [0.1, 0.15) is 13.1 Å². The third-order valence-electron chi connectivity index (χ3n) is 2.86.